The van der Waals surface area contributed by atoms with Gasteiger partial charge in [-0.3, -0.25) is 9.69 Å². The molecule has 1 aliphatic rings. The Labute approximate surface area is 108 Å². The summed E-state index contributed by atoms with van der Waals surface area (Å²) in [5.41, 5.74) is 0.814. The summed E-state index contributed by atoms with van der Waals surface area (Å²) in [5, 5.41) is 12.2. The Morgan fingerprint density at radius 2 is 2.22 bits per heavy atom. The monoisotopic (exact) mass is 248 g/mol. The number of nitrogens with zero attached hydrogens (tertiary/aromatic N) is 1. The van der Waals surface area contributed by atoms with Gasteiger partial charge in [0.15, 0.2) is 0 Å². The van der Waals surface area contributed by atoms with Gasteiger partial charge < -0.3 is 10.4 Å². The molecule has 4 heteroatoms. The van der Waals surface area contributed by atoms with E-state index in [4.69, 9.17) is 0 Å². The smallest absolute Gasteiger partial charge is 0.241 e. The highest BCUT2D eigenvalue weighted by molar-refractivity contribution is 5.94. The van der Waals surface area contributed by atoms with E-state index in [2.05, 4.69) is 10.2 Å². The van der Waals surface area contributed by atoms with Gasteiger partial charge >= 0.3 is 0 Å². The molecule has 1 aromatic rings. The summed E-state index contributed by atoms with van der Waals surface area (Å²) >= 11 is 0. The lowest BCUT2D eigenvalue weighted by molar-refractivity contribution is -0.121. The zero-order valence-corrected chi connectivity index (χ0v) is 10.7. The van der Waals surface area contributed by atoms with Gasteiger partial charge in [0.05, 0.1) is 12.6 Å². The number of aliphatic hydroxyl groups excluding tert-OH is 1. The molecule has 0 aliphatic carbocycles. The van der Waals surface area contributed by atoms with Crippen molar-refractivity contribution in [1.29, 1.82) is 0 Å². The molecule has 98 valence electrons. The van der Waals surface area contributed by atoms with E-state index in [1.54, 1.807) is 0 Å². The number of para-hydroxylation sites is 1. The van der Waals surface area contributed by atoms with Gasteiger partial charge in [-0.05, 0) is 38.4 Å². The molecule has 2 rings (SSSR count). The van der Waals surface area contributed by atoms with Crippen molar-refractivity contribution in [2.45, 2.75) is 31.8 Å². The highest BCUT2D eigenvalue weighted by atomic mass is 16.3. The number of hydrogen-bond donors (Lipinski definition) is 2. The first-order valence-electron chi connectivity index (χ1n) is 6.45. The van der Waals surface area contributed by atoms with Crippen molar-refractivity contribution in [2.75, 3.05) is 18.5 Å². The number of nitrogens with one attached hydrogen (secondary N) is 1. The van der Waals surface area contributed by atoms with Crippen LogP contribution in [0.3, 0.4) is 0 Å². The third-order valence-corrected chi connectivity index (χ3v) is 3.55. The van der Waals surface area contributed by atoms with Gasteiger partial charge in [-0.25, -0.2) is 0 Å². The van der Waals surface area contributed by atoms with E-state index < -0.39 is 0 Å². The summed E-state index contributed by atoms with van der Waals surface area (Å²) < 4.78 is 0. The minimum Gasteiger partial charge on any atom is -0.395 e. The van der Waals surface area contributed by atoms with Crippen LogP contribution >= 0.6 is 0 Å². The third-order valence-electron chi connectivity index (χ3n) is 3.55. The number of rotatable bonds is 4. The van der Waals surface area contributed by atoms with Crippen molar-refractivity contribution < 1.29 is 9.90 Å². The van der Waals surface area contributed by atoms with Crippen LogP contribution in [0.25, 0.3) is 0 Å². The van der Waals surface area contributed by atoms with Crippen LogP contribution in [0.15, 0.2) is 30.3 Å². The van der Waals surface area contributed by atoms with E-state index in [0.29, 0.717) is 0 Å². The summed E-state index contributed by atoms with van der Waals surface area (Å²) in [5.74, 6) is -0.0125. The van der Waals surface area contributed by atoms with Crippen molar-refractivity contribution in [2.24, 2.45) is 0 Å². The van der Waals surface area contributed by atoms with Gasteiger partial charge in [0.25, 0.3) is 0 Å². The molecule has 18 heavy (non-hydrogen) atoms. The van der Waals surface area contributed by atoms with Crippen LogP contribution in [0.1, 0.15) is 19.8 Å². The van der Waals surface area contributed by atoms with Crippen LogP contribution in [-0.4, -0.2) is 41.1 Å². The van der Waals surface area contributed by atoms with Crippen LogP contribution in [-0.2, 0) is 4.79 Å². The van der Waals surface area contributed by atoms with Crippen molar-refractivity contribution in [3.05, 3.63) is 30.3 Å². The van der Waals surface area contributed by atoms with Crippen LogP contribution in [0.2, 0.25) is 0 Å². The van der Waals surface area contributed by atoms with Crippen molar-refractivity contribution in [1.82, 2.24) is 4.90 Å². The van der Waals surface area contributed by atoms with Gasteiger partial charge in [0, 0.05) is 11.7 Å². The first-order valence-corrected chi connectivity index (χ1v) is 6.45. The zero-order valence-electron chi connectivity index (χ0n) is 10.7. The maximum atomic E-state index is 12.1. The van der Waals surface area contributed by atoms with Gasteiger partial charge in [-0.15, -0.1) is 0 Å². The molecule has 1 amide bonds. The van der Waals surface area contributed by atoms with Crippen LogP contribution in [0.5, 0.6) is 0 Å². The highest BCUT2D eigenvalue weighted by Crippen LogP contribution is 2.20. The molecule has 4 nitrogen and oxygen atoms in total. The molecule has 2 N–H and O–H groups in total. The van der Waals surface area contributed by atoms with Gasteiger partial charge in [-0.1, -0.05) is 18.2 Å². The molecule has 1 fully saturated rings. The lowest BCUT2D eigenvalue weighted by Crippen LogP contribution is -2.45. The Hall–Kier alpha value is -1.39. The summed E-state index contributed by atoms with van der Waals surface area (Å²) in [6.07, 6.45) is 2.02. The molecular weight excluding hydrogens is 228 g/mol. The molecule has 0 bridgehead atoms. The number of benzene rings is 1. The van der Waals surface area contributed by atoms with Crippen molar-refractivity contribution in [3.63, 3.8) is 0 Å². The van der Waals surface area contributed by atoms with Crippen molar-refractivity contribution >= 4 is 11.6 Å². The Balaban J connectivity index is 1.96. The fourth-order valence-electron chi connectivity index (χ4n) is 2.48. The van der Waals surface area contributed by atoms with Crippen LogP contribution < -0.4 is 5.32 Å². The van der Waals surface area contributed by atoms with Gasteiger partial charge in [0.2, 0.25) is 5.91 Å². The molecule has 0 saturated carbocycles. The van der Waals surface area contributed by atoms with Gasteiger partial charge in [0.1, 0.15) is 0 Å². The predicted octanol–water partition coefficient (Wildman–Crippen LogP) is 1.47. The topological polar surface area (TPSA) is 52.6 Å². The number of aliphatic hydroxyl groups is 1. The first-order chi connectivity index (χ1) is 8.72. The molecular formula is C14H20N2O2. The second-order valence-electron chi connectivity index (χ2n) is 4.75. The van der Waals surface area contributed by atoms with E-state index in [0.717, 1.165) is 25.1 Å². The van der Waals surface area contributed by atoms with E-state index >= 15 is 0 Å². The predicted molar refractivity (Wildman–Crippen MR) is 71.3 cm³/mol. The average Bonchev–Trinajstić information content (AvgIpc) is 2.87. The number of anilines is 1. The number of likely N-dealkylation sites (tertiary alicyclic amines) is 1. The fourth-order valence-corrected chi connectivity index (χ4v) is 2.48. The number of carbonyl (C=O) groups is 1. The van der Waals surface area contributed by atoms with E-state index in [-0.39, 0.29) is 24.6 Å². The normalized spacial score (nSPS) is 21.8. The Morgan fingerprint density at radius 1 is 1.50 bits per heavy atom. The molecule has 0 aromatic heterocycles. The third kappa shape index (κ3) is 2.89. The largest absolute Gasteiger partial charge is 0.395 e. The summed E-state index contributed by atoms with van der Waals surface area (Å²) in [4.78, 5) is 14.2. The van der Waals surface area contributed by atoms with E-state index in [1.807, 2.05) is 37.3 Å². The molecule has 0 spiro atoms. The number of carbonyl (C=O) groups excluding carboxylic acids is 1. The maximum absolute atomic E-state index is 12.1. The molecule has 1 unspecified atom stereocenters. The fraction of sp³-hybridized carbons (Fsp3) is 0.500. The Kier molecular flexibility index (Phi) is 4.33. The minimum atomic E-state index is -0.204. The second-order valence-corrected chi connectivity index (χ2v) is 4.75. The zero-order chi connectivity index (χ0) is 13.0. The lowest BCUT2D eigenvalue weighted by Gasteiger charge is -2.28. The van der Waals surface area contributed by atoms with Gasteiger partial charge in [-0.2, -0.15) is 0 Å². The summed E-state index contributed by atoms with van der Waals surface area (Å²) in [7, 11) is 0. The number of amides is 1. The molecule has 1 aliphatic heterocycles. The second kappa shape index (κ2) is 5.98. The Morgan fingerprint density at radius 3 is 2.89 bits per heavy atom. The molecule has 1 heterocycles. The van der Waals surface area contributed by atoms with Crippen molar-refractivity contribution in [3.8, 4) is 0 Å². The molecule has 1 saturated heterocycles. The number of hydrogen-bond acceptors (Lipinski definition) is 3. The SMILES string of the molecule is CC(C(=O)Nc1ccccc1)N1CCC[C@H]1CO. The highest BCUT2D eigenvalue weighted by Gasteiger charge is 2.31. The Bertz CT molecular complexity index is 394. The summed E-state index contributed by atoms with van der Waals surface area (Å²) in [6, 6.07) is 9.38. The van der Waals surface area contributed by atoms with E-state index in [9.17, 15) is 9.90 Å². The molecule has 1 aromatic carbocycles. The minimum absolute atomic E-state index is 0.0125. The van der Waals surface area contributed by atoms with E-state index in [1.165, 1.54) is 0 Å². The standard InChI is InChI=1S/C14H20N2O2/c1-11(16-9-5-8-13(16)10-17)14(18)15-12-6-3-2-4-7-12/h2-4,6-7,11,13,17H,5,8-10H2,1H3,(H,15,18)/t11?,13-/m0/s1. The van der Waals surface area contributed by atoms with Crippen LogP contribution in [0, 0.1) is 0 Å². The molecule has 2 atom stereocenters. The lowest BCUT2D eigenvalue weighted by atomic mass is 10.2. The first kappa shape index (κ1) is 13.1. The van der Waals surface area contributed by atoms with Crippen LogP contribution in [0.4, 0.5) is 5.69 Å². The molecule has 0 radical (unpaired) electrons. The quantitative estimate of drug-likeness (QED) is 0.848. The summed E-state index contributed by atoms with van der Waals surface area (Å²) in [6.45, 7) is 2.91. The average molecular weight is 248 g/mol. The maximum Gasteiger partial charge on any atom is 0.241 e.